The first-order valence-electron chi connectivity index (χ1n) is 7.94. The first-order chi connectivity index (χ1) is 9.24. The number of fused-ring (bicyclic) bond motifs is 1. The summed E-state index contributed by atoms with van der Waals surface area (Å²) < 4.78 is 0. The van der Waals surface area contributed by atoms with Crippen LogP contribution in [-0.2, 0) is 4.79 Å². The van der Waals surface area contributed by atoms with E-state index in [-0.39, 0.29) is 5.92 Å². The van der Waals surface area contributed by atoms with Gasteiger partial charge in [0.25, 0.3) is 0 Å². The summed E-state index contributed by atoms with van der Waals surface area (Å²) in [4.78, 5) is 13.8. The maximum atomic E-state index is 11.2. The molecule has 0 aromatic heterocycles. The summed E-state index contributed by atoms with van der Waals surface area (Å²) in [6, 6.07) is 1.42. The van der Waals surface area contributed by atoms with Crippen LogP contribution in [0.3, 0.4) is 0 Å². The van der Waals surface area contributed by atoms with E-state index in [9.17, 15) is 9.90 Å². The van der Waals surface area contributed by atoms with Gasteiger partial charge in [0, 0.05) is 12.1 Å². The van der Waals surface area contributed by atoms with Crippen molar-refractivity contribution in [3.63, 3.8) is 0 Å². The van der Waals surface area contributed by atoms with E-state index in [1.165, 1.54) is 38.8 Å². The normalized spacial score (nSPS) is 39.4. The number of nitrogens with one attached hydrogen (secondary N) is 1. The van der Waals surface area contributed by atoms with Crippen LogP contribution >= 0.6 is 0 Å². The third-order valence-electron chi connectivity index (χ3n) is 5.47. The Kier molecular flexibility index (Phi) is 4.08. The Morgan fingerprint density at radius 1 is 1.16 bits per heavy atom. The van der Waals surface area contributed by atoms with Gasteiger partial charge in [-0.05, 0) is 64.1 Å². The van der Waals surface area contributed by atoms with Crippen LogP contribution in [0.25, 0.3) is 0 Å². The molecular formula is C15H26N2O2. The van der Waals surface area contributed by atoms with Crippen molar-refractivity contribution in [2.24, 2.45) is 11.8 Å². The lowest BCUT2D eigenvalue weighted by molar-refractivity contribution is -0.142. The molecule has 0 radical (unpaired) electrons. The summed E-state index contributed by atoms with van der Waals surface area (Å²) in [7, 11) is 0. The van der Waals surface area contributed by atoms with E-state index in [4.69, 9.17) is 0 Å². The average Bonchev–Trinajstić information content (AvgIpc) is 3.04. The molecule has 1 saturated carbocycles. The molecule has 2 heterocycles. The lowest BCUT2D eigenvalue weighted by Crippen LogP contribution is -2.47. The second-order valence-electron chi connectivity index (χ2n) is 6.60. The van der Waals surface area contributed by atoms with Crippen LogP contribution in [-0.4, -0.2) is 47.7 Å². The molecule has 0 spiro atoms. The fraction of sp³-hybridized carbons (Fsp3) is 0.933. The van der Waals surface area contributed by atoms with Crippen LogP contribution in [0.15, 0.2) is 0 Å². The molecule has 0 bridgehead atoms. The highest BCUT2D eigenvalue weighted by molar-refractivity contribution is 5.70. The number of hydrogen-bond donors (Lipinski definition) is 2. The Labute approximate surface area is 115 Å². The minimum absolute atomic E-state index is 0.0981. The van der Waals surface area contributed by atoms with Crippen molar-refractivity contribution in [2.45, 2.75) is 57.0 Å². The SMILES string of the molecule is O=C(O)C1CCCC1CNC1CCN2CCCC2C1. The Hall–Kier alpha value is -0.610. The molecule has 3 aliphatic rings. The van der Waals surface area contributed by atoms with E-state index in [0.717, 1.165) is 31.8 Å². The maximum Gasteiger partial charge on any atom is 0.306 e. The summed E-state index contributed by atoms with van der Waals surface area (Å²) in [5, 5.41) is 12.9. The van der Waals surface area contributed by atoms with Crippen molar-refractivity contribution in [1.29, 1.82) is 0 Å². The standard InChI is InChI=1S/C15H26N2O2/c18-15(19)14-5-1-3-11(14)10-16-12-6-8-17-7-2-4-13(17)9-12/h11-14,16H,1-10H2,(H,18,19). The number of piperidine rings is 1. The van der Waals surface area contributed by atoms with Gasteiger partial charge in [-0.15, -0.1) is 0 Å². The fourth-order valence-electron chi connectivity index (χ4n) is 4.33. The minimum atomic E-state index is -0.588. The monoisotopic (exact) mass is 266 g/mol. The highest BCUT2D eigenvalue weighted by Gasteiger charge is 2.35. The van der Waals surface area contributed by atoms with Gasteiger partial charge in [0.05, 0.1) is 5.92 Å². The largest absolute Gasteiger partial charge is 0.481 e. The summed E-state index contributed by atoms with van der Waals surface area (Å²) in [6.45, 7) is 3.44. The number of aliphatic carboxylic acids is 1. The Morgan fingerprint density at radius 3 is 2.89 bits per heavy atom. The van der Waals surface area contributed by atoms with Crippen molar-refractivity contribution in [2.75, 3.05) is 19.6 Å². The van der Waals surface area contributed by atoms with E-state index in [1.807, 2.05) is 0 Å². The second-order valence-corrected chi connectivity index (χ2v) is 6.60. The van der Waals surface area contributed by atoms with E-state index < -0.39 is 5.97 Å². The molecule has 4 heteroatoms. The minimum Gasteiger partial charge on any atom is -0.481 e. The van der Waals surface area contributed by atoms with Gasteiger partial charge in [-0.25, -0.2) is 0 Å². The van der Waals surface area contributed by atoms with Gasteiger partial charge in [-0.3, -0.25) is 4.79 Å². The molecule has 2 aliphatic heterocycles. The summed E-state index contributed by atoms with van der Waals surface area (Å²) in [5.74, 6) is -0.326. The second kappa shape index (κ2) is 5.80. The number of carboxylic acid groups (broad SMARTS) is 1. The van der Waals surface area contributed by atoms with Gasteiger partial charge in [0.15, 0.2) is 0 Å². The number of hydrogen-bond acceptors (Lipinski definition) is 3. The molecule has 2 N–H and O–H groups in total. The quantitative estimate of drug-likeness (QED) is 0.813. The molecular weight excluding hydrogens is 240 g/mol. The molecule has 1 aliphatic carbocycles. The molecule has 3 rings (SSSR count). The zero-order valence-corrected chi connectivity index (χ0v) is 11.7. The third-order valence-corrected chi connectivity index (χ3v) is 5.47. The molecule has 4 nitrogen and oxygen atoms in total. The molecule has 0 amide bonds. The zero-order valence-electron chi connectivity index (χ0n) is 11.7. The van der Waals surface area contributed by atoms with Gasteiger partial charge >= 0.3 is 5.97 Å². The Morgan fingerprint density at radius 2 is 2.05 bits per heavy atom. The number of nitrogens with zero attached hydrogens (tertiary/aromatic N) is 1. The van der Waals surface area contributed by atoms with Crippen LogP contribution in [0.4, 0.5) is 0 Å². The van der Waals surface area contributed by atoms with Crippen molar-refractivity contribution in [3.05, 3.63) is 0 Å². The molecule has 4 atom stereocenters. The van der Waals surface area contributed by atoms with Crippen molar-refractivity contribution in [1.82, 2.24) is 10.2 Å². The maximum absolute atomic E-state index is 11.2. The first-order valence-corrected chi connectivity index (χ1v) is 7.94. The van der Waals surface area contributed by atoms with Crippen LogP contribution in [0.2, 0.25) is 0 Å². The van der Waals surface area contributed by atoms with Crippen molar-refractivity contribution in [3.8, 4) is 0 Å². The van der Waals surface area contributed by atoms with Crippen LogP contribution in [0.5, 0.6) is 0 Å². The smallest absolute Gasteiger partial charge is 0.306 e. The molecule has 4 unspecified atom stereocenters. The number of carboxylic acids is 1. The van der Waals surface area contributed by atoms with E-state index in [2.05, 4.69) is 10.2 Å². The van der Waals surface area contributed by atoms with Gasteiger partial charge < -0.3 is 15.3 Å². The summed E-state index contributed by atoms with van der Waals surface area (Å²) in [5.41, 5.74) is 0. The van der Waals surface area contributed by atoms with Crippen LogP contribution < -0.4 is 5.32 Å². The van der Waals surface area contributed by atoms with Crippen molar-refractivity contribution < 1.29 is 9.90 Å². The van der Waals surface area contributed by atoms with Crippen LogP contribution in [0, 0.1) is 11.8 Å². The summed E-state index contributed by atoms with van der Waals surface area (Å²) in [6.07, 6.45) is 8.28. The third kappa shape index (κ3) is 2.95. The highest BCUT2D eigenvalue weighted by Crippen LogP contribution is 2.32. The molecule has 19 heavy (non-hydrogen) atoms. The molecule has 0 aromatic rings. The van der Waals surface area contributed by atoms with E-state index >= 15 is 0 Å². The van der Waals surface area contributed by atoms with Gasteiger partial charge in [-0.2, -0.15) is 0 Å². The number of rotatable bonds is 4. The zero-order chi connectivity index (χ0) is 13.2. The molecule has 2 saturated heterocycles. The van der Waals surface area contributed by atoms with E-state index in [1.54, 1.807) is 0 Å². The van der Waals surface area contributed by atoms with Crippen LogP contribution in [0.1, 0.15) is 44.9 Å². The molecule has 3 fully saturated rings. The fourth-order valence-corrected chi connectivity index (χ4v) is 4.33. The first kappa shape index (κ1) is 13.4. The van der Waals surface area contributed by atoms with Gasteiger partial charge in [0.1, 0.15) is 0 Å². The van der Waals surface area contributed by atoms with E-state index in [0.29, 0.717) is 12.0 Å². The molecule has 0 aromatic carbocycles. The average molecular weight is 266 g/mol. The lowest BCUT2D eigenvalue weighted by atomic mass is 9.93. The van der Waals surface area contributed by atoms with Gasteiger partial charge in [-0.1, -0.05) is 6.42 Å². The summed E-state index contributed by atoms with van der Waals surface area (Å²) >= 11 is 0. The highest BCUT2D eigenvalue weighted by atomic mass is 16.4. The lowest BCUT2D eigenvalue weighted by Gasteiger charge is -2.36. The van der Waals surface area contributed by atoms with Gasteiger partial charge in [0.2, 0.25) is 0 Å². The Bertz CT molecular complexity index is 334. The van der Waals surface area contributed by atoms with Crippen molar-refractivity contribution >= 4 is 5.97 Å². The molecule has 108 valence electrons. The predicted octanol–water partition coefficient (Wildman–Crippen LogP) is 1.70. The predicted molar refractivity (Wildman–Crippen MR) is 74.1 cm³/mol. The Balaban J connectivity index is 1.46. The number of carbonyl (C=O) groups is 1. The topological polar surface area (TPSA) is 52.6 Å².